The molecule has 0 amide bonds. The van der Waals surface area contributed by atoms with E-state index in [4.69, 9.17) is 15.8 Å². The molecule has 0 heterocycles. The fourth-order valence-corrected chi connectivity index (χ4v) is 0.800. The van der Waals surface area contributed by atoms with Gasteiger partial charge in [-0.1, -0.05) is 0 Å². The number of allylic oxidation sites excluding steroid dienone is 2. The zero-order chi connectivity index (χ0) is 7.44. The molecule has 0 saturated carbocycles. The third-order valence-electron chi connectivity index (χ3n) is 0.693. The van der Waals surface area contributed by atoms with E-state index in [9.17, 15) is 0 Å². The average molecular weight is 236 g/mol. The molecule has 0 aromatic carbocycles. The Bertz CT molecular complexity index is 197. The smallest absolute Gasteiger partial charge is 0.120 e. The minimum absolute atomic E-state index is 0.0376. The van der Waals surface area contributed by atoms with Gasteiger partial charge in [0.25, 0.3) is 0 Å². The number of aliphatic hydroxyl groups excluding tert-OH is 1. The summed E-state index contributed by atoms with van der Waals surface area (Å²) in [5.41, 5.74) is 0.0376. The molecule has 0 aliphatic rings. The molecule has 0 unspecified atom stereocenters. The van der Waals surface area contributed by atoms with Gasteiger partial charge < -0.3 is 5.11 Å². The first kappa shape index (κ1) is 8.43. The molecule has 0 bridgehead atoms. The lowest BCUT2D eigenvalue weighted by atomic mass is 10.3. The van der Waals surface area contributed by atoms with Crippen LogP contribution in [-0.2, 0) is 0 Å². The van der Waals surface area contributed by atoms with Crippen LogP contribution < -0.4 is 0 Å². The topological polar surface area (TPSA) is 67.9 Å². The molecule has 2 N–H and O–H groups in total. The summed E-state index contributed by atoms with van der Waals surface area (Å²) in [6.07, 6.45) is 0. The van der Waals surface area contributed by atoms with Crippen molar-refractivity contribution in [3.8, 4) is 6.07 Å². The summed E-state index contributed by atoms with van der Waals surface area (Å²) in [7, 11) is 0. The van der Waals surface area contributed by atoms with E-state index >= 15 is 0 Å². The van der Waals surface area contributed by atoms with Gasteiger partial charge in [0.1, 0.15) is 21.1 Å². The lowest BCUT2D eigenvalue weighted by molar-refractivity contribution is 0.412. The van der Waals surface area contributed by atoms with Crippen molar-refractivity contribution in [3.05, 3.63) is 11.3 Å². The van der Waals surface area contributed by atoms with Crippen molar-refractivity contribution in [2.45, 2.75) is 6.92 Å². The van der Waals surface area contributed by atoms with Crippen LogP contribution in [0.2, 0.25) is 0 Å². The molecule has 0 rings (SSSR count). The van der Waals surface area contributed by atoms with Gasteiger partial charge in [-0.15, -0.1) is 0 Å². The largest absolute Gasteiger partial charge is 0.511 e. The summed E-state index contributed by atoms with van der Waals surface area (Å²) in [6, 6.07) is 1.70. The highest BCUT2D eigenvalue weighted by molar-refractivity contribution is 14.1. The lowest BCUT2D eigenvalue weighted by Crippen LogP contribution is -1.91. The van der Waals surface area contributed by atoms with Crippen molar-refractivity contribution in [2.75, 3.05) is 0 Å². The first-order valence-electron chi connectivity index (χ1n) is 2.14. The van der Waals surface area contributed by atoms with Crippen molar-refractivity contribution < 1.29 is 5.11 Å². The third-order valence-corrected chi connectivity index (χ3v) is 1.23. The number of nitriles is 1. The number of nitrogens with one attached hydrogen (secondary N) is 1. The predicted molar refractivity (Wildman–Crippen MR) is 42.7 cm³/mol. The van der Waals surface area contributed by atoms with Crippen LogP contribution in [0.5, 0.6) is 0 Å². The van der Waals surface area contributed by atoms with Crippen molar-refractivity contribution in [3.63, 3.8) is 0 Å². The lowest BCUT2D eigenvalue weighted by Gasteiger charge is -1.91. The quantitative estimate of drug-likeness (QED) is 0.315. The number of nitrogens with zero attached hydrogens (tertiary/aromatic N) is 1. The summed E-state index contributed by atoms with van der Waals surface area (Å²) in [5.74, 6) is -0.100. The molecule has 0 atom stereocenters. The van der Waals surface area contributed by atoms with E-state index in [1.165, 1.54) is 6.92 Å². The van der Waals surface area contributed by atoms with E-state index in [0.717, 1.165) is 0 Å². The van der Waals surface area contributed by atoms with Gasteiger partial charge in [-0.2, -0.15) is 5.26 Å². The van der Waals surface area contributed by atoms with Gasteiger partial charge in [0.15, 0.2) is 0 Å². The maximum absolute atomic E-state index is 8.69. The van der Waals surface area contributed by atoms with E-state index in [-0.39, 0.29) is 15.1 Å². The Balaban J connectivity index is 4.62. The second kappa shape index (κ2) is 3.45. The molecule has 0 aromatic heterocycles. The summed E-state index contributed by atoms with van der Waals surface area (Å²) in [5, 5.41) is 23.9. The first-order valence-corrected chi connectivity index (χ1v) is 3.21. The van der Waals surface area contributed by atoms with E-state index in [1.807, 2.05) is 0 Å². The van der Waals surface area contributed by atoms with Crippen LogP contribution >= 0.6 is 22.6 Å². The standard InChI is InChI=1S/C5H5IN2O/c1-3(9)4(2-7)5(6)8/h8-9H,1H3/b4-3-,8-5?. The molecule has 0 radical (unpaired) electrons. The zero-order valence-corrected chi connectivity index (χ0v) is 6.93. The van der Waals surface area contributed by atoms with Gasteiger partial charge in [-0.05, 0) is 29.5 Å². The van der Waals surface area contributed by atoms with E-state index in [2.05, 4.69) is 0 Å². The number of rotatable bonds is 1. The van der Waals surface area contributed by atoms with E-state index in [0.29, 0.717) is 0 Å². The number of aliphatic hydroxyl groups is 1. The van der Waals surface area contributed by atoms with Crippen molar-refractivity contribution in [1.29, 1.82) is 10.7 Å². The second-order valence-corrected chi connectivity index (χ2v) is 2.46. The summed E-state index contributed by atoms with van der Waals surface area (Å²) < 4.78 is 0.0649. The van der Waals surface area contributed by atoms with Gasteiger partial charge in [0.2, 0.25) is 0 Å². The molecular weight excluding hydrogens is 231 g/mol. The number of hydrogen-bond donors (Lipinski definition) is 2. The third kappa shape index (κ3) is 2.46. The van der Waals surface area contributed by atoms with Gasteiger partial charge >= 0.3 is 0 Å². The summed E-state index contributed by atoms with van der Waals surface area (Å²) in [6.45, 7) is 1.38. The molecule has 0 spiro atoms. The van der Waals surface area contributed by atoms with Crippen LogP contribution in [0.4, 0.5) is 0 Å². The highest BCUT2D eigenvalue weighted by Gasteiger charge is 2.02. The number of halogens is 1. The van der Waals surface area contributed by atoms with Crippen LogP contribution in [0.15, 0.2) is 11.3 Å². The van der Waals surface area contributed by atoms with E-state index < -0.39 is 0 Å². The fraction of sp³-hybridized carbons (Fsp3) is 0.200. The van der Waals surface area contributed by atoms with Gasteiger partial charge in [-0.3, -0.25) is 5.41 Å². The van der Waals surface area contributed by atoms with E-state index in [1.54, 1.807) is 28.7 Å². The highest BCUT2D eigenvalue weighted by Crippen LogP contribution is 2.05. The van der Waals surface area contributed by atoms with Crippen LogP contribution in [-0.4, -0.2) is 8.82 Å². The molecule has 0 saturated heterocycles. The average Bonchev–Trinajstić information content (AvgIpc) is 1.64. The molecular formula is C5H5IN2O. The Kier molecular flexibility index (Phi) is 3.24. The molecule has 48 valence electrons. The van der Waals surface area contributed by atoms with Crippen LogP contribution in [0.1, 0.15) is 6.92 Å². The fourth-order valence-electron chi connectivity index (χ4n) is 0.289. The Morgan fingerprint density at radius 2 is 2.22 bits per heavy atom. The Morgan fingerprint density at radius 1 is 1.78 bits per heavy atom. The minimum Gasteiger partial charge on any atom is -0.511 e. The Morgan fingerprint density at radius 3 is 2.22 bits per heavy atom. The van der Waals surface area contributed by atoms with Crippen LogP contribution in [0.3, 0.4) is 0 Å². The summed E-state index contributed by atoms with van der Waals surface area (Å²) >= 11 is 1.66. The Labute approximate surface area is 66.6 Å². The SMILES string of the molecule is C/C(O)=C(\C#N)C(=N)I. The molecule has 4 heteroatoms. The van der Waals surface area contributed by atoms with Crippen LogP contribution in [0, 0.1) is 16.7 Å². The molecule has 0 aliphatic carbocycles. The van der Waals surface area contributed by atoms with Gasteiger partial charge in [-0.25, -0.2) is 0 Å². The monoisotopic (exact) mass is 236 g/mol. The Hall–Kier alpha value is -0.570. The normalized spacial score (nSPS) is 11.7. The molecule has 0 aromatic rings. The molecule has 9 heavy (non-hydrogen) atoms. The highest BCUT2D eigenvalue weighted by atomic mass is 127. The first-order chi connectivity index (χ1) is 4.09. The number of hydrogen-bond acceptors (Lipinski definition) is 3. The van der Waals surface area contributed by atoms with Crippen molar-refractivity contribution in [1.82, 2.24) is 0 Å². The molecule has 0 fully saturated rings. The van der Waals surface area contributed by atoms with Gasteiger partial charge in [0.05, 0.1) is 0 Å². The van der Waals surface area contributed by atoms with Crippen LogP contribution in [0.25, 0.3) is 0 Å². The molecule has 3 nitrogen and oxygen atoms in total. The molecule has 0 aliphatic heterocycles. The van der Waals surface area contributed by atoms with Gasteiger partial charge in [0, 0.05) is 0 Å². The van der Waals surface area contributed by atoms with Crippen molar-refractivity contribution >= 4 is 26.3 Å². The summed E-state index contributed by atoms with van der Waals surface area (Å²) in [4.78, 5) is 0. The predicted octanol–water partition coefficient (Wildman–Crippen LogP) is 1.75. The van der Waals surface area contributed by atoms with Crippen molar-refractivity contribution in [2.24, 2.45) is 0 Å². The second-order valence-electron chi connectivity index (χ2n) is 1.39. The minimum atomic E-state index is -0.100. The zero-order valence-electron chi connectivity index (χ0n) is 4.77. The maximum Gasteiger partial charge on any atom is 0.120 e. The maximum atomic E-state index is 8.69.